The Bertz CT molecular complexity index is 1260. The summed E-state index contributed by atoms with van der Waals surface area (Å²) in [5.74, 6) is -0.242. The first-order chi connectivity index (χ1) is 15.2. The van der Waals surface area contributed by atoms with E-state index < -0.39 is 11.9 Å². The molecular formula is C24H21ClN2O4S. The molecule has 6 nitrogen and oxygen atoms in total. The van der Waals surface area contributed by atoms with Gasteiger partial charge in [-0.3, -0.25) is 4.79 Å². The Morgan fingerprint density at radius 3 is 2.69 bits per heavy atom. The highest BCUT2D eigenvalue weighted by Gasteiger charge is 2.23. The van der Waals surface area contributed by atoms with Gasteiger partial charge < -0.3 is 14.5 Å². The summed E-state index contributed by atoms with van der Waals surface area (Å²) in [4.78, 5) is 26.0. The van der Waals surface area contributed by atoms with Crippen molar-refractivity contribution in [2.24, 2.45) is 0 Å². The molecule has 0 saturated heterocycles. The van der Waals surface area contributed by atoms with Crippen LogP contribution in [0.1, 0.15) is 39.0 Å². The molecule has 0 unspecified atom stereocenters. The molecule has 3 rings (SSSR count). The average molecular weight is 469 g/mol. The summed E-state index contributed by atoms with van der Waals surface area (Å²) in [6, 6.07) is 10.8. The molecule has 3 aromatic rings. The molecule has 0 spiro atoms. The van der Waals surface area contributed by atoms with Crippen LogP contribution in [0.15, 0.2) is 40.3 Å². The number of furan rings is 1. The van der Waals surface area contributed by atoms with Gasteiger partial charge in [0.05, 0.1) is 12.2 Å². The number of carbonyl (C=O) groups is 2. The number of rotatable bonds is 6. The lowest BCUT2D eigenvalue weighted by molar-refractivity contribution is -0.112. The number of hydrogen-bond donors (Lipinski definition) is 1. The van der Waals surface area contributed by atoms with Crippen molar-refractivity contribution in [1.29, 1.82) is 5.26 Å². The predicted octanol–water partition coefficient (Wildman–Crippen LogP) is 6.31. The van der Waals surface area contributed by atoms with Gasteiger partial charge in [-0.1, -0.05) is 17.7 Å². The second-order valence-corrected chi connectivity index (χ2v) is 8.65. The summed E-state index contributed by atoms with van der Waals surface area (Å²) in [7, 11) is 0. The van der Waals surface area contributed by atoms with Crippen molar-refractivity contribution in [3.63, 3.8) is 0 Å². The van der Waals surface area contributed by atoms with Gasteiger partial charge in [0.1, 0.15) is 28.2 Å². The third-order valence-corrected chi connectivity index (χ3v) is 6.19. The Labute approximate surface area is 195 Å². The molecule has 0 fully saturated rings. The largest absolute Gasteiger partial charge is 0.462 e. The maximum absolute atomic E-state index is 12.8. The van der Waals surface area contributed by atoms with Gasteiger partial charge in [0.15, 0.2) is 0 Å². The average Bonchev–Trinajstić information content (AvgIpc) is 3.32. The van der Waals surface area contributed by atoms with E-state index in [1.165, 1.54) is 17.4 Å². The first-order valence-electron chi connectivity index (χ1n) is 9.81. The summed E-state index contributed by atoms with van der Waals surface area (Å²) in [5, 5.41) is 13.1. The molecule has 32 heavy (non-hydrogen) atoms. The summed E-state index contributed by atoms with van der Waals surface area (Å²) in [6.45, 7) is 7.50. The van der Waals surface area contributed by atoms with Gasteiger partial charge in [-0.05, 0) is 63.1 Å². The van der Waals surface area contributed by atoms with Crippen LogP contribution in [0.2, 0.25) is 5.02 Å². The van der Waals surface area contributed by atoms with Gasteiger partial charge in [0.2, 0.25) is 0 Å². The van der Waals surface area contributed by atoms with Crippen molar-refractivity contribution in [2.75, 3.05) is 11.9 Å². The lowest BCUT2D eigenvalue weighted by Gasteiger charge is -2.06. The zero-order chi connectivity index (χ0) is 23.4. The van der Waals surface area contributed by atoms with Gasteiger partial charge >= 0.3 is 5.97 Å². The molecule has 0 bridgehead atoms. The zero-order valence-corrected chi connectivity index (χ0v) is 19.6. The fraction of sp³-hybridized carbons (Fsp3) is 0.208. The first-order valence-corrected chi connectivity index (χ1v) is 11.0. The van der Waals surface area contributed by atoms with Crippen molar-refractivity contribution in [3.8, 4) is 17.4 Å². The molecule has 1 amide bonds. The van der Waals surface area contributed by atoms with Crippen LogP contribution in [-0.4, -0.2) is 18.5 Å². The lowest BCUT2D eigenvalue weighted by atomic mass is 10.1. The maximum atomic E-state index is 12.8. The summed E-state index contributed by atoms with van der Waals surface area (Å²) < 4.78 is 10.9. The third kappa shape index (κ3) is 4.93. The van der Waals surface area contributed by atoms with Crippen LogP contribution in [0, 0.1) is 32.1 Å². The monoisotopic (exact) mass is 468 g/mol. The molecular weight excluding hydrogens is 448 g/mol. The third-order valence-electron chi connectivity index (χ3n) is 4.84. The van der Waals surface area contributed by atoms with Crippen LogP contribution in [0.25, 0.3) is 17.4 Å². The minimum Gasteiger partial charge on any atom is -0.462 e. The van der Waals surface area contributed by atoms with Gasteiger partial charge in [0.25, 0.3) is 5.91 Å². The van der Waals surface area contributed by atoms with Crippen LogP contribution in [0.5, 0.6) is 0 Å². The van der Waals surface area contributed by atoms with E-state index in [9.17, 15) is 14.9 Å². The number of ether oxygens (including phenoxy) is 1. The summed E-state index contributed by atoms with van der Waals surface area (Å²) >= 11 is 7.34. The fourth-order valence-electron chi connectivity index (χ4n) is 3.06. The maximum Gasteiger partial charge on any atom is 0.341 e. The van der Waals surface area contributed by atoms with E-state index in [-0.39, 0.29) is 12.2 Å². The molecule has 164 valence electrons. The van der Waals surface area contributed by atoms with Crippen molar-refractivity contribution < 1.29 is 18.7 Å². The van der Waals surface area contributed by atoms with Crippen molar-refractivity contribution >= 4 is 45.9 Å². The van der Waals surface area contributed by atoms with E-state index in [1.54, 1.807) is 38.1 Å². The molecule has 1 N–H and O–H groups in total. The number of anilines is 1. The van der Waals surface area contributed by atoms with E-state index in [0.717, 1.165) is 21.6 Å². The number of nitrogens with one attached hydrogen (secondary N) is 1. The summed E-state index contributed by atoms with van der Waals surface area (Å²) in [5.41, 5.74) is 2.68. The van der Waals surface area contributed by atoms with Crippen molar-refractivity contribution in [1.82, 2.24) is 0 Å². The smallest absolute Gasteiger partial charge is 0.341 e. The van der Waals surface area contributed by atoms with Crippen LogP contribution in [-0.2, 0) is 9.53 Å². The van der Waals surface area contributed by atoms with E-state index in [2.05, 4.69) is 5.32 Å². The molecule has 2 heterocycles. The quantitative estimate of drug-likeness (QED) is 0.260. The molecule has 2 aromatic heterocycles. The highest BCUT2D eigenvalue weighted by atomic mass is 35.5. The van der Waals surface area contributed by atoms with Crippen LogP contribution in [0.3, 0.4) is 0 Å². The summed E-state index contributed by atoms with van der Waals surface area (Å²) in [6.07, 6.45) is 1.36. The van der Waals surface area contributed by atoms with E-state index >= 15 is 0 Å². The Morgan fingerprint density at radius 2 is 2.00 bits per heavy atom. The number of aryl methyl sites for hydroxylation is 2. The topological polar surface area (TPSA) is 92.3 Å². The number of hydrogen-bond acceptors (Lipinski definition) is 6. The number of esters is 1. The number of thiophene rings is 1. The molecule has 0 saturated carbocycles. The second-order valence-electron chi connectivity index (χ2n) is 6.99. The molecule has 1 aromatic carbocycles. The molecule has 0 aliphatic rings. The minimum atomic E-state index is -0.642. The number of halogens is 1. The van der Waals surface area contributed by atoms with Crippen LogP contribution in [0.4, 0.5) is 5.00 Å². The van der Waals surface area contributed by atoms with Crippen molar-refractivity contribution in [2.45, 2.75) is 27.7 Å². The van der Waals surface area contributed by atoms with Crippen LogP contribution < -0.4 is 5.32 Å². The van der Waals surface area contributed by atoms with Gasteiger partial charge in [-0.2, -0.15) is 5.26 Å². The lowest BCUT2D eigenvalue weighted by Crippen LogP contribution is -2.16. The fourth-order valence-corrected chi connectivity index (χ4v) is 4.28. The molecule has 0 aliphatic carbocycles. The SMILES string of the molecule is CCOC(=O)c1c(NC(=O)/C(C#N)=C/c2ccc(-c3cc(Cl)ccc3C)o2)sc(C)c1C. The van der Waals surface area contributed by atoms with Crippen molar-refractivity contribution in [3.05, 3.63) is 68.3 Å². The highest BCUT2D eigenvalue weighted by Crippen LogP contribution is 2.34. The highest BCUT2D eigenvalue weighted by molar-refractivity contribution is 7.16. The van der Waals surface area contributed by atoms with Crippen LogP contribution >= 0.6 is 22.9 Å². The Kier molecular flexibility index (Phi) is 7.18. The molecule has 0 atom stereocenters. The Hall–Kier alpha value is -3.34. The normalized spacial score (nSPS) is 11.2. The number of benzene rings is 1. The number of nitriles is 1. The van der Waals surface area contributed by atoms with Gasteiger partial charge in [0, 0.05) is 21.5 Å². The Balaban J connectivity index is 1.87. The number of nitrogens with zero attached hydrogens (tertiary/aromatic N) is 1. The molecule has 0 radical (unpaired) electrons. The minimum absolute atomic E-state index is 0.160. The zero-order valence-electron chi connectivity index (χ0n) is 18.0. The predicted molar refractivity (Wildman–Crippen MR) is 126 cm³/mol. The van der Waals surface area contributed by atoms with Gasteiger partial charge in [-0.15, -0.1) is 11.3 Å². The van der Waals surface area contributed by atoms with E-state index in [4.69, 9.17) is 20.8 Å². The first kappa shape index (κ1) is 23.3. The second kappa shape index (κ2) is 9.86. The number of carbonyl (C=O) groups excluding carboxylic acids is 2. The number of amides is 1. The van der Waals surface area contributed by atoms with E-state index in [1.807, 2.05) is 26.0 Å². The molecule has 0 aliphatic heterocycles. The molecule has 8 heteroatoms. The van der Waals surface area contributed by atoms with E-state index in [0.29, 0.717) is 27.1 Å². The van der Waals surface area contributed by atoms with Gasteiger partial charge in [-0.25, -0.2) is 4.79 Å². The Morgan fingerprint density at radius 1 is 1.25 bits per heavy atom. The standard InChI is InChI=1S/C24H21ClN2O4S/c1-5-30-24(29)21-14(3)15(4)32-23(21)27-22(28)16(12-26)10-18-8-9-20(31-18)19-11-17(25)7-6-13(19)2/h6-11H,5H2,1-4H3,(H,27,28)/b16-10+.